The van der Waals surface area contributed by atoms with Gasteiger partial charge in [0.1, 0.15) is 17.6 Å². The van der Waals surface area contributed by atoms with Gasteiger partial charge in [0.05, 0.1) is 39.9 Å². The highest BCUT2D eigenvalue weighted by atomic mass is 32.2. The van der Waals surface area contributed by atoms with Crippen molar-refractivity contribution in [2.45, 2.75) is 29.7 Å². The van der Waals surface area contributed by atoms with E-state index < -0.39 is 57.0 Å². The molecule has 208 valence electrons. The number of hydrogen-bond acceptors (Lipinski definition) is 10. The smallest absolute Gasteiger partial charge is 0.387 e. The van der Waals surface area contributed by atoms with E-state index >= 15 is 0 Å². The van der Waals surface area contributed by atoms with Gasteiger partial charge in [-0.15, -0.1) is 0 Å². The van der Waals surface area contributed by atoms with Gasteiger partial charge in [-0.2, -0.15) is 8.78 Å². The summed E-state index contributed by atoms with van der Waals surface area (Å²) in [4.78, 5) is 18.7. The molecule has 0 spiro atoms. The molecule has 2 unspecified atom stereocenters. The topological polar surface area (TPSA) is 165 Å². The number of hydrogen-bond donors (Lipinski definition) is 2. The number of aliphatic imine (C=N–C) groups is 1. The molecule has 39 heavy (non-hydrogen) atoms. The number of alkyl halides is 2. The molecule has 2 aromatic rings. The van der Waals surface area contributed by atoms with Crippen LogP contribution in [-0.2, 0) is 36.1 Å². The summed E-state index contributed by atoms with van der Waals surface area (Å²) >= 11 is 0. The Morgan fingerprint density at radius 2 is 1.95 bits per heavy atom. The summed E-state index contributed by atoms with van der Waals surface area (Å²) in [6.07, 6.45) is 3.51. The van der Waals surface area contributed by atoms with E-state index in [1.807, 2.05) is 0 Å². The molecule has 0 bridgehead atoms. The minimum absolute atomic E-state index is 0.0450. The average Bonchev–Trinajstić information content (AvgIpc) is 3.28. The van der Waals surface area contributed by atoms with Crippen LogP contribution in [0.15, 0.2) is 70.0 Å². The minimum atomic E-state index is -4.46. The van der Waals surface area contributed by atoms with Crippen LogP contribution in [0.3, 0.4) is 0 Å². The Labute approximate surface area is 223 Å². The normalized spacial score (nSPS) is 17.6. The molecule has 2 atom stereocenters. The highest BCUT2D eigenvalue weighted by Crippen LogP contribution is 2.37. The third-order valence-electron chi connectivity index (χ3n) is 5.47. The summed E-state index contributed by atoms with van der Waals surface area (Å²) in [5.41, 5.74) is 0.00496. The van der Waals surface area contributed by atoms with Crippen molar-refractivity contribution in [1.82, 2.24) is 9.29 Å². The van der Waals surface area contributed by atoms with Crippen molar-refractivity contribution in [3.8, 4) is 17.2 Å². The Hall–Kier alpha value is -4.05. The quantitative estimate of drug-likeness (QED) is 0.423. The van der Waals surface area contributed by atoms with E-state index in [9.17, 15) is 31.3 Å². The zero-order valence-corrected chi connectivity index (χ0v) is 21.7. The van der Waals surface area contributed by atoms with Gasteiger partial charge >= 0.3 is 12.6 Å². The molecule has 0 fully saturated rings. The third kappa shape index (κ3) is 6.01. The molecule has 0 amide bonds. The number of sulfonamides is 1. The van der Waals surface area contributed by atoms with Gasteiger partial charge in [0.15, 0.2) is 18.1 Å². The van der Waals surface area contributed by atoms with Gasteiger partial charge in [-0.05, 0) is 36.4 Å². The van der Waals surface area contributed by atoms with Crippen LogP contribution >= 0.6 is 0 Å². The van der Waals surface area contributed by atoms with Gasteiger partial charge in [-0.3, -0.25) is 9.19 Å². The Morgan fingerprint density at radius 1 is 1.23 bits per heavy atom. The second-order valence-electron chi connectivity index (χ2n) is 7.96. The standard InChI is InChI=1S/C23H21F2N3O9S2/c1-35-19-8-9-26-17(21(19)31)12-38(32)23-27-16-10-14(37-22(24)25)4-7-18(16)28(23)39(33,34)15-5-2-13(3-6-15)36-11-20(29)30/h2-9,16,22,31H,10-12H2,1H3,(H,29,30). The zero-order chi connectivity index (χ0) is 28.3. The van der Waals surface area contributed by atoms with Crippen LogP contribution in [0.2, 0.25) is 0 Å². The molecule has 12 nitrogen and oxygen atoms in total. The maximum atomic E-state index is 13.7. The Balaban J connectivity index is 1.70. The van der Waals surface area contributed by atoms with Gasteiger partial charge in [0.2, 0.25) is 5.17 Å². The van der Waals surface area contributed by atoms with E-state index in [0.29, 0.717) is 0 Å². The number of methoxy groups -OCH3 is 1. The SMILES string of the molecule is COc1ccnc(CS(=O)C2=NC3CC(OC(F)F)=CC=C3N2S(=O)(=O)c2ccc(OCC(=O)O)cc2)c1O. The van der Waals surface area contributed by atoms with E-state index in [1.165, 1.54) is 55.8 Å². The second-order valence-corrected chi connectivity index (χ2v) is 11.1. The predicted molar refractivity (Wildman–Crippen MR) is 132 cm³/mol. The number of carboxylic acid groups (broad SMARTS) is 1. The number of aromatic hydroxyl groups is 1. The first kappa shape index (κ1) is 28.0. The second kappa shape index (κ2) is 11.4. The van der Waals surface area contributed by atoms with E-state index in [4.69, 9.17) is 14.6 Å². The van der Waals surface area contributed by atoms with E-state index in [-0.39, 0.29) is 45.7 Å². The van der Waals surface area contributed by atoms with Crippen LogP contribution in [-0.4, -0.2) is 69.6 Å². The fraction of sp³-hybridized carbons (Fsp3) is 0.261. The average molecular weight is 586 g/mol. The Kier molecular flexibility index (Phi) is 8.15. The van der Waals surface area contributed by atoms with Crippen LogP contribution in [0.5, 0.6) is 17.2 Å². The van der Waals surface area contributed by atoms with Crippen molar-refractivity contribution in [3.05, 3.63) is 65.8 Å². The van der Waals surface area contributed by atoms with Gasteiger partial charge in [-0.25, -0.2) is 22.5 Å². The number of aromatic nitrogens is 1. The van der Waals surface area contributed by atoms with Crippen molar-refractivity contribution >= 4 is 32.0 Å². The fourth-order valence-electron chi connectivity index (χ4n) is 3.75. The predicted octanol–water partition coefficient (Wildman–Crippen LogP) is 2.35. The number of rotatable bonds is 10. The number of amidine groups is 1. The monoisotopic (exact) mass is 585 g/mol. The lowest BCUT2D eigenvalue weighted by Gasteiger charge is -2.25. The number of ether oxygens (including phenoxy) is 3. The summed E-state index contributed by atoms with van der Waals surface area (Å²) in [6.45, 7) is -3.74. The molecule has 1 aliphatic heterocycles. The van der Waals surface area contributed by atoms with Crippen molar-refractivity contribution in [2.24, 2.45) is 4.99 Å². The van der Waals surface area contributed by atoms with Crippen molar-refractivity contribution in [2.75, 3.05) is 13.7 Å². The summed E-state index contributed by atoms with van der Waals surface area (Å²) < 4.78 is 81.8. The highest BCUT2D eigenvalue weighted by Gasteiger charge is 2.43. The first-order chi connectivity index (χ1) is 18.5. The first-order valence-electron chi connectivity index (χ1n) is 11.0. The maximum Gasteiger partial charge on any atom is 0.387 e. The number of carbonyl (C=O) groups is 1. The molecule has 1 aliphatic carbocycles. The van der Waals surface area contributed by atoms with Gasteiger partial charge in [0.25, 0.3) is 10.0 Å². The molecule has 2 N–H and O–H groups in total. The van der Waals surface area contributed by atoms with Crippen molar-refractivity contribution < 1.29 is 50.6 Å². The summed E-state index contributed by atoms with van der Waals surface area (Å²) in [5.74, 6) is -2.02. The molecule has 1 aromatic carbocycles. The van der Waals surface area contributed by atoms with Crippen LogP contribution in [0.1, 0.15) is 12.1 Å². The zero-order valence-electron chi connectivity index (χ0n) is 20.1. The Bertz CT molecular complexity index is 1490. The number of allylic oxidation sites excluding steroid dienone is 2. The number of halogens is 2. The highest BCUT2D eigenvalue weighted by molar-refractivity contribution is 8.02. The van der Waals surface area contributed by atoms with Gasteiger partial charge < -0.3 is 24.4 Å². The third-order valence-corrected chi connectivity index (χ3v) is 8.55. The molecular weight excluding hydrogens is 564 g/mol. The molecule has 0 saturated heterocycles. The number of pyridine rings is 1. The molecule has 16 heteroatoms. The molecule has 2 aliphatic rings. The number of carboxylic acids is 1. The molecule has 0 saturated carbocycles. The molecule has 1 aromatic heterocycles. The first-order valence-corrected chi connectivity index (χ1v) is 13.8. The summed E-state index contributed by atoms with van der Waals surface area (Å²) in [6, 6.07) is 5.21. The van der Waals surface area contributed by atoms with Crippen LogP contribution in [0.25, 0.3) is 0 Å². The summed E-state index contributed by atoms with van der Waals surface area (Å²) in [5, 5.41) is 18.7. The van der Waals surface area contributed by atoms with Gasteiger partial charge in [0, 0.05) is 18.7 Å². The van der Waals surface area contributed by atoms with Crippen molar-refractivity contribution in [3.63, 3.8) is 0 Å². The van der Waals surface area contributed by atoms with Gasteiger partial charge in [-0.1, -0.05) is 0 Å². The van der Waals surface area contributed by atoms with E-state index in [0.717, 1.165) is 4.31 Å². The molecular formula is C23H21F2N3O9S2. The number of nitrogens with zero attached hydrogens (tertiary/aromatic N) is 3. The van der Waals surface area contributed by atoms with E-state index in [1.54, 1.807) is 0 Å². The van der Waals surface area contributed by atoms with Crippen molar-refractivity contribution in [1.29, 1.82) is 0 Å². The summed E-state index contributed by atoms with van der Waals surface area (Å²) in [7, 11) is -5.34. The lowest BCUT2D eigenvalue weighted by atomic mass is 10.1. The van der Waals surface area contributed by atoms with Crippen LogP contribution in [0.4, 0.5) is 8.78 Å². The number of benzene rings is 1. The Morgan fingerprint density at radius 3 is 2.59 bits per heavy atom. The number of aliphatic carboxylic acids is 1. The van der Waals surface area contributed by atoms with E-state index in [2.05, 4.69) is 14.7 Å². The van der Waals surface area contributed by atoms with Crippen LogP contribution in [0, 0.1) is 0 Å². The maximum absolute atomic E-state index is 13.7. The molecule has 0 radical (unpaired) electrons. The molecule has 4 rings (SSSR count). The minimum Gasteiger partial charge on any atom is -0.503 e. The lowest BCUT2D eigenvalue weighted by molar-refractivity contribution is -0.139. The largest absolute Gasteiger partial charge is 0.503 e. The lowest BCUT2D eigenvalue weighted by Crippen LogP contribution is -2.37. The number of fused-ring (bicyclic) bond motifs is 1. The van der Waals surface area contributed by atoms with Crippen LogP contribution < -0.4 is 9.47 Å². The molecule has 2 heterocycles. The fourth-order valence-corrected chi connectivity index (χ4v) is 6.82.